The fourth-order valence-electron chi connectivity index (χ4n) is 1.51. The van der Waals surface area contributed by atoms with Crippen LogP contribution in [0.4, 0.5) is 0 Å². The normalized spacial score (nSPS) is 16.2. The number of ether oxygens (including phenoxy) is 3. The van der Waals surface area contributed by atoms with Gasteiger partial charge in [0, 0.05) is 20.8 Å². The van der Waals surface area contributed by atoms with Crippen LogP contribution in [-0.2, 0) is 33.4 Å². The molecule has 0 amide bonds. The first kappa shape index (κ1) is 18.0. The van der Waals surface area contributed by atoms with E-state index in [-0.39, 0.29) is 6.29 Å². The summed E-state index contributed by atoms with van der Waals surface area (Å²) in [5.41, 5.74) is 0. The molecule has 0 saturated carbocycles. The SMILES string of the molecule is CC(=O)O[C@H]([C@@H](OC(C)=O)[C@@H](C)O)[C@H](C=O)OC(C)=O. The van der Waals surface area contributed by atoms with Gasteiger partial charge in [0.2, 0.25) is 0 Å². The van der Waals surface area contributed by atoms with Crippen molar-refractivity contribution >= 4 is 24.2 Å². The molecule has 0 heterocycles. The summed E-state index contributed by atoms with van der Waals surface area (Å²) in [6.07, 6.45) is -5.28. The van der Waals surface area contributed by atoms with Gasteiger partial charge in [-0.3, -0.25) is 19.2 Å². The van der Waals surface area contributed by atoms with Crippen molar-refractivity contribution < 1.29 is 38.5 Å². The largest absolute Gasteiger partial charge is 0.456 e. The minimum atomic E-state index is -1.49. The number of hydrogen-bond acceptors (Lipinski definition) is 8. The zero-order chi connectivity index (χ0) is 15.9. The van der Waals surface area contributed by atoms with E-state index in [0.717, 1.165) is 20.8 Å². The molecule has 0 spiro atoms. The van der Waals surface area contributed by atoms with Crippen LogP contribution < -0.4 is 0 Å². The van der Waals surface area contributed by atoms with E-state index in [1.807, 2.05) is 0 Å². The number of aldehydes is 1. The van der Waals surface area contributed by atoms with Gasteiger partial charge in [0.15, 0.2) is 24.6 Å². The molecule has 0 radical (unpaired) electrons. The van der Waals surface area contributed by atoms with Crippen LogP contribution in [0.1, 0.15) is 27.7 Å². The van der Waals surface area contributed by atoms with Crippen LogP contribution in [-0.4, -0.2) is 53.7 Å². The Labute approximate surface area is 116 Å². The highest BCUT2D eigenvalue weighted by molar-refractivity contribution is 5.72. The smallest absolute Gasteiger partial charge is 0.303 e. The second-order valence-electron chi connectivity index (χ2n) is 4.10. The minimum Gasteiger partial charge on any atom is -0.456 e. The van der Waals surface area contributed by atoms with Gasteiger partial charge in [-0.05, 0) is 6.92 Å². The van der Waals surface area contributed by atoms with Gasteiger partial charge < -0.3 is 19.3 Å². The second-order valence-corrected chi connectivity index (χ2v) is 4.10. The molecule has 0 aliphatic carbocycles. The Kier molecular flexibility index (Phi) is 7.45. The van der Waals surface area contributed by atoms with Gasteiger partial charge in [0.25, 0.3) is 0 Å². The Morgan fingerprint density at radius 3 is 1.60 bits per heavy atom. The molecule has 0 aromatic heterocycles. The first-order chi connectivity index (χ1) is 9.18. The zero-order valence-corrected chi connectivity index (χ0v) is 11.7. The van der Waals surface area contributed by atoms with E-state index in [4.69, 9.17) is 9.47 Å². The molecule has 0 aliphatic heterocycles. The molecule has 8 heteroatoms. The topological polar surface area (TPSA) is 116 Å². The van der Waals surface area contributed by atoms with Gasteiger partial charge in [-0.25, -0.2) is 0 Å². The molecule has 0 rings (SSSR count). The molecule has 1 N–H and O–H groups in total. The van der Waals surface area contributed by atoms with Crippen LogP contribution in [0.5, 0.6) is 0 Å². The number of carbonyl (C=O) groups is 4. The predicted molar refractivity (Wildman–Crippen MR) is 64.4 cm³/mol. The first-order valence-corrected chi connectivity index (χ1v) is 5.84. The summed E-state index contributed by atoms with van der Waals surface area (Å²) in [7, 11) is 0. The monoisotopic (exact) mass is 290 g/mol. The van der Waals surface area contributed by atoms with E-state index in [0.29, 0.717) is 0 Å². The van der Waals surface area contributed by atoms with Crippen molar-refractivity contribution in [2.45, 2.75) is 52.1 Å². The lowest BCUT2D eigenvalue weighted by atomic mass is 10.0. The first-order valence-electron chi connectivity index (χ1n) is 5.84. The standard InChI is InChI=1S/C12H18O8/c1-6(14)11(19-8(3)16)12(20-9(4)17)10(5-13)18-7(2)15/h5-6,10-12,14H,1-4H3/t6-,10+,11+,12+/m1/s1. The molecule has 114 valence electrons. The Hall–Kier alpha value is -1.96. The maximum absolute atomic E-state index is 11.1. The highest BCUT2D eigenvalue weighted by Crippen LogP contribution is 2.16. The molecule has 4 atom stereocenters. The highest BCUT2D eigenvalue weighted by Gasteiger charge is 2.39. The lowest BCUT2D eigenvalue weighted by Gasteiger charge is -2.30. The summed E-state index contributed by atoms with van der Waals surface area (Å²) in [5.74, 6) is -2.32. The number of esters is 3. The molecule has 0 unspecified atom stereocenters. The fraction of sp³-hybridized carbons (Fsp3) is 0.667. The molecule has 0 aromatic rings. The van der Waals surface area contributed by atoms with Gasteiger partial charge in [-0.15, -0.1) is 0 Å². The third-order valence-corrected chi connectivity index (χ3v) is 2.16. The zero-order valence-electron chi connectivity index (χ0n) is 11.7. The van der Waals surface area contributed by atoms with Gasteiger partial charge in [-0.2, -0.15) is 0 Å². The predicted octanol–water partition coefficient (Wildman–Crippen LogP) is -0.639. The summed E-state index contributed by atoms with van der Waals surface area (Å²) in [5, 5.41) is 9.60. The van der Waals surface area contributed by atoms with Crippen molar-refractivity contribution in [2.75, 3.05) is 0 Å². The summed E-state index contributed by atoms with van der Waals surface area (Å²) < 4.78 is 14.4. The Bertz CT molecular complexity index is 376. The fourth-order valence-corrected chi connectivity index (χ4v) is 1.51. The molecule has 0 bridgehead atoms. The number of hydrogen-bond donors (Lipinski definition) is 1. The Morgan fingerprint density at radius 1 is 0.900 bits per heavy atom. The lowest BCUT2D eigenvalue weighted by Crippen LogP contribution is -2.50. The molecule has 0 fully saturated rings. The molecule has 8 nitrogen and oxygen atoms in total. The van der Waals surface area contributed by atoms with E-state index in [1.165, 1.54) is 6.92 Å². The summed E-state index contributed by atoms with van der Waals surface area (Å²) in [6.45, 7) is 4.49. The van der Waals surface area contributed by atoms with E-state index in [1.54, 1.807) is 0 Å². The number of rotatable bonds is 7. The summed E-state index contributed by atoms with van der Waals surface area (Å²) in [4.78, 5) is 44.0. The number of carbonyl (C=O) groups excluding carboxylic acids is 4. The molecule has 20 heavy (non-hydrogen) atoms. The molecule has 0 aromatic carbocycles. The van der Waals surface area contributed by atoms with Crippen LogP contribution in [0, 0.1) is 0 Å². The Morgan fingerprint density at radius 2 is 1.30 bits per heavy atom. The van der Waals surface area contributed by atoms with Crippen LogP contribution in [0.25, 0.3) is 0 Å². The summed E-state index contributed by atoms with van der Waals surface area (Å²) >= 11 is 0. The van der Waals surface area contributed by atoms with E-state index in [2.05, 4.69) is 4.74 Å². The third-order valence-electron chi connectivity index (χ3n) is 2.16. The average molecular weight is 290 g/mol. The van der Waals surface area contributed by atoms with Crippen LogP contribution in [0.15, 0.2) is 0 Å². The number of aliphatic hydroxyl groups is 1. The quantitative estimate of drug-likeness (QED) is 0.374. The molecule has 0 saturated heterocycles. The molecular formula is C12H18O8. The maximum Gasteiger partial charge on any atom is 0.303 e. The van der Waals surface area contributed by atoms with Crippen molar-refractivity contribution in [1.82, 2.24) is 0 Å². The van der Waals surface area contributed by atoms with Crippen LogP contribution >= 0.6 is 0 Å². The Balaban J connectivity index is 5.33. The highest BCUT2D eigenvalue weighted by atomic mass is 16.6. The number of aliphatic hydroxyl groups excluding tert-OH is 1. The van der Waals surface area contributed by atoms with E-state index >= 15 is 0 Å². The van der Waals surface area contributed by atoms with Crippen LogP contribution in [0.2, 0.25) is 0 Å². The maximum atomic E-state index is 11.1. The van der Waals surface area contributed by atoms with Crippen molar-refractivity contribution in [2.24, 2.45) is 0 Å². The average Bonchev–Trinajstić information content (AvgIpc) is 2.29. The lowest BCUT2D eigenvalue weighted by molar-refractivity contribution is -0.190. The van der Waals surface area contributed by atoms with Gasteiger partial charge in [0.1, 0.15) is 0 Å². The third kappa shape index (κ3) is 6.28. The van der Waals surface area contributed by atoms with Gasteiger partial charge in [0.05, 0.1) is 6.10 Å². The van der Waals surface area contributed by atoms with E-state index in [9.17, 15) is 24.3 Å². The van der Waals surface area contributed by atoms with Crippen molar-refractivity contribution in [3.8, 4) is 0 Å². The van der Waals surface area contributed by atoms with Crippen molar-refractivity contribution in [3.05, 3.63) is 0 Å². The molecule has 0 aliphatic rings. The van der Waals surface area contributed by atoms with E-state index < -0.39 is 42.3 Å². The van der Waals surface area contributed by atoms with Gasteiger partial charge in [-0.1, -0.05) is 0 Å². The van der Waals surface area contributed by atoms with Crippen molar-refractivity contribution in [3.63, 3.8) is 0 Å². The van der Waals surface area contributed by atoms with Crippen LogP contribution in [0.3, 0.4) is 0 Å². The van der Waals surface area contributed by atoms with Crippen molar-refractivity contribution in [1.29, 1.82) is 0 Å². The minimum absolute atomic E-state index is 0.230. The van der Waals surface area contributed by atoms with Gasteiger partial charge >= 0.3 is 17.9 Å². The molecular weight excluding hydrogens is 272 g/mol. The second kappa shape index (κ2) is 8.26. The summed E-state index contributed by atoms with van der Waals surface area (Å²) in [6, 6.07) is 0.